The zero-order chi connectivity index (χ0) is 13.4. The van der Waals surface area contributed by atoms with E-state index in [0.717, 1.165) is 39.0 Å². The molecule has 1 rings (SSSR count). The lowest BCUT2D eigenvalue weighted by Gasteiger charge is -2.37. The first-order valence-electron chi connectivity index (χ1n) is 7.33. The molecule has 0 amide bonds. The Morgan fingerprint density at radius 2 is 2.11 bits per heavy atom. The van der Waals surface area contributed by atoms with Gasteiger partial charge in [-0.1, -0.05) is 20.3 Å². The summed E-state index contributed by atoms with van der Waals surface area (Å²) in [6.45, 7) is 8.54. The molecule has 0 spiro atoms. The Balaban J connectivity index is 2.45. The number of carbonyl (C=O) groups is 1. The van der Waals surface area contributed by atoms with Crippen molar-refractivity contribution in [2.24, 2.45) is 5.92 Å². The lowest BCUT2D eigenvalue weighted by atomic mass is 9.91. The normalized spacial score (nSPS) is 25.2. The Labute approximate surface area is 111 Å². The van der Waals surface area contributed by atoms with Gasteiger partial charge in [0.05, 0.1) is 0 Å². The van der Waals surface area contributed by atoms with Crippen molar-refractivity contribution in [2.75, 3.05) is 26.2 Å². The molecule has 1 aliphatic rings. The van der Waals surface area contributed by atoms with Gasteiger partial charge in [-0.05, 0) is 38.3 Å². The highest BCUT2D eigenvalue weighted by atomic mass is 16.4. The maximum atomic E-state index is 10.9. The Kier molecular flexibility index (Phi) is 7.28. The van der Waals surface area contributed by atoms with Crippen LogP contribution < -0.4 is 5.32 Å². The number of nitrogens with one attached hydrogen (secondary N) is 1. The quantitative estimate of drug-likeness (QED) is 0.697. The summed E-state index contributed by atoms with van der Waals surface area (Å²) in [5.74, 6) is -0.353. The maximum absolute atomic E-state index is 10.9. The monoisotopic (exact) mass is 256 g/mol. The van der Waals surface area contributed by atoms with E-state index < -0.39 is 5.97 Å². The molecule has 0 saturated carbocycles. The number of piperidine rings is 1. The van der Waals surface area contributed by atoms with Crippen LogP contribution in [0, 0.1) is 5.92 Å². The molecule has 1 fully saturated rings. The summed E-state index contributed by atoms with van der Waals surface area (Å²) in [7, 11) is 0. The minimum absolute atomic E-state index is 0.308. The van der Waals surface area contributed by atoms with E-state index in [1.54, 1.807) is 0 Å². The number of likely N-dealkylation sites (tertiary alicyclic amines) is 1. The van der Waals surface area contributed by atoms with Gasteiger partial charge in [0.25, 0.3) is 0 Å². The topological polar surface area (TPSA) is 52.6 Å². The standard InChI is InChI=1S/C14H28N2O2/c1-3-5-7-16-10-12(9-14(17)18)8-13(11-16)15-6-4-2/h12-13,15H,3-11H2,1-2H3,(H,17,18). The van der Waals surface area contributed by atoms with Crippen LogP contribution in [0.3, 0.4) is 0 Å². The average molecular weight is 256 g/mol. The van der Waals surface area contributed by atoms with Crippen LogP contribution in [0.5, 0.6) is 0 Å². The van der Waals surface area contributed by atoms with E-state index >= 15 is 0 Å². The van der Waals surface area contributed by atoms with Crippen LogP contribution in [0.4, 0.5) is 0 Å². The fourth-order valence-electron chi connectivity index (χ4n) is 2.76. The molecule has 0 aliphatic carbocycles. The molecule has 0 aromatic heterocycles. The van der Waals surface area contributed by atoms with Crippen molar-refractivity contribution in [3.8, 4) is 0 Å². The van der Waals surface area contributed by atoms with Gasteiger partial charge in [-0.3, -0.25) is 4.79 Å². The zero-order valence-electron chi connectivity index (χ0n) is 11.8. The van der Waals surface area contributed by atoms with Crippen LogP contribution in [0.15, 0.2) is 0 Å². The summed E-state index contributed by atoms with van der Waals surface area (Å²) in [4.78, 5) is 13.3. The predicted octanol–water partition coefficient (Wildman–Crippen LogP) is 1.95. The molecule has 2 N–H and O–H groups in total. The fraction of sp³-hybridized carbons (Fsp3) is 0.929. The minimum Gasteiger partial charge on any atom is -0.481 e. The molecule has 0 bridgehead atoms. The Morgan fingerprint density at radius 3 is 2.72 bits per heavy atom. The number of nitrogens with zero attached hydrogens (tertiary/aromatic N) is 1. The Bertz CT molecular complexity index is 230. The van der Waals surface area contributed by atoms with Crippen molar-refractivity contribution >= 4 is 5.97 Å². The first-order valence-corrected chi connectivity index (χ1v) is 7.33. The zero-order valence-corrected chi connectivity index (χ0v) is 11.8. The largest absolute Gasteiger partial charge is 0.481 e. The number of hydrogen-bond donors (Lipinski definition) is 2. The molecule has 0 radical (unpaired) electrons. The van der Waals surface area contributed by atoms with Gasteiger partial charge >= 0.3 is 5.97 Å². The molecule has 0 aromatic rings. The van der Waals surface area contributed by atoms with Gasteiger partial charge in [-0.15, -0.1) is 0 Å². The van der Waals surface area contributed by atoms with E-state index in [9.17, 15) is 4.79 Å². The van der Waals surface area contributed by atoms with Crippen LogP contribution in [0.1, 0.15) is 46.0 Å². The number of rotatable bonds is 8. The van der Waals surface area contributed by atoms with Crippen molar-refractivity contribution in [1.82, 2.24) is 10.2 Å². The van der Waals surface area contributed by atoms with Crippen molar-refractivity contribution < 1.29 is 9.90 Å². The number of unbranched alkanes of at least 4 members (excludes halogenated alkanes) is 1. The highest BCUT2D eigenvalue weighted by Gasteiger charge is 2.27. The lowest BCUT2D eigenvalue weighted by molar-refractivity contribution is -0.138. The molecule has 1 heterocycles. The van der Waals surface area contributed by atoms with Crippen LogP contribution in [-0.4, -0.2) is 48.2 Å². The van der Waals surface area contributed by atoms with Crippen LogP contribution in [-0.2, 0) is 4.79 Å². The Morgan fingerprint density at radius 1 is 1.33 bits per heavy atom. The van der Waals surface area contributed by atoms with Crippen molar-refractivity contribution in [2.45, 2.75) is 52.0 Å². The molecular weight excluding hydrogens is 228 g/mol. The number of carboxylic acids is 1. The summed E-state index contributed by atoms with van der Waals surface area (Å²) < 4.78 is 0. The number of hydrogen-bond acceptors (Lipinski definition) is 3. The maximum Gasteiger partial charge on any atom is 0.303 e. The molecule has 18 heavy (non-hydrogen) atoms. The number of aliphatic carboxylic acids is 1. The van der Waals surface area contributed by atoms with E-state index in [0.29, 0.717) is 18.4 Å². The second-order valence-electron chi connectivity index (χ2n) is 5.46. The highest BCUT2D eigenvalue weighted by molar-refractivity contribution is 5.67. The molecule has 2 atom stereocenters. The van der Waals surface area contributed by atoms with Crippen LogP contribution in [0.2, 0.25) is 0 Å². The second-order valence-corrected chi connectivity index (χ2v) is 5.46. The average Bonchev–Trinajstić information content (AvgIpc) is 2.33. The summed E-state index contributed by atoms with van der Waals surface area (Å²) in [5, 5.41) is 12.5. The van der Waals surface area contributed by atoms with Crippen molar-refractivity contribution in [3.63, 3.8) is 0 Å². The molecule has 1 aliphatic heterocycles. The fourth-order valence-corrected chi connectivity index (χ4v) is 2.76. The van der Waals surface area contributed by atoms with Crippen molar-refractivity contribution in [3.05, 3.63) is 0 Å². The number of carboxylic acid groups (broad SMARTS) is 1. The first kappa shape index (κ1) is 15.4. The smallest absolute Gasteiger partial charge is 0.303 e. The van der Waals surface area contributed by atoms with Gasteiger partial charge in [-0.25, -0.2) is 0 Å². The Hall–Kier alpha value is -0.610. The third kappa shape index (κ3) is 5.83. The van der Waals surface area contributed by atoms with Crippen LogP contribution in [0.25, 0.3) is 0 Å². The van der Waals surface area contributed by atoms with E-state index in [4.69, 9.17) is 5.11 Å². The summed E-state index contributed by atoms with van der Waals surface area (Å²) in [6, 6.07) is 0.472. The SMILES string of the molecule is CCCCN1CC(CC(=O)O)CC(NCCC)C1. The predicted molar refractivity (Wildman–Crippen MR) is 73.8 cm³/mol. The minimum atomic E-state index is -0.661. The molecule has 1 saturated heterocycles. The molecule has 4 heteroatoms. The second kappa shape index (κ2) is 8.48. The van der Waals surface area contributed by atoms with Gasteiger partial charge in [0, 0.05) is 25.6 Å². The molecule has 0 aromatic carbocycles. The third-order valence-electron chi connectivity index (χ3n) is 3.59. The van der Waals surface area contributed by atoms with E-state index in [-0.39, 0.29) is 0 Å². The highest BCUT2D eigenvalue weighted by Crippen LogP contribution is 2.20. The van der Waals surface area contributed by atoms with Gasteiger partial charge in [0.1, 0.15) is 0 Å². The molecule has 106 valence electrons. The molecule has 4 nitrogen and oxygen atoms in total. The van der Waals surface area contributed by atoms with Crippen molar-refractivity contribution in [1.29, 1.82) is 0 Å². The van der Waals surface area contributed by atoms with Gasteiger partial charge < -0.3 is 15.3 Å². The van der Waals surface area contributed by atoms with E-state index in [2.05, 4.69) is 24.1 Å². The summed E-state index contributed by atoms with van der Waals surface area (Å²) in [5.41, 5.74) is 0. The molecular formula is C14H28N2O2. The summed E-state index contributed by atoms with van der Waals surface area (Å²) >= 11 is 0. The van der Waals surface area contributed by atoms with Gasteiger partial charge in [-0.2, -0.15) is 0 Å². The van der Waals surface area contributed by atoms with Gasteiger partial charge in [0.2, 0.25) is 0 Å². The first-order chi connectivity index (χ1) is 8.65. The third-order valence-corrected chi connectivity index (χ3v) is 3.59. The lowest BCUT2D eigenvalue weighted by Crippen LogP contribution is -2.50. The van der Waals surface area contributed by atoms with E-state index in [1.165, 1.54) is 12.8 Å². The van der Waals surface area contributed by atoms with E-state index in [1.807, 2.05) is 0 Å². The van der Waals surface area contributed by atoms with Crippen LogP contribution >= 0.6 is 0 Å². The molecule has 2 unspecified atom stereocenters. The summed E-state index contributed by atoms with van der Waals surface area (Å²) in [6.07, 6.45) is 4.87. The van der Waals surface area contributed by atoms with Gasteiger partial charge in [0.15, 0.2) is 0 Å².